The first-order chi connectivity index (χ1) is 9.76. The molecule has 0 aliphatic heterocycles. The number of hydrogen-bond donors (Lipinski definition) is 1. The minimum absolute atomic E-state index is 0.745. The van der Waals surface area contributed by atoms with Crippen LogP contribution in [0.2, 0.25) is 5.02 Å². The lowest BCUT2D eigenvalue weighted by atomic mass is 10.1. The third-order valence-electron chi connectivity index (χ3n) is 3.76. The average Bonchev–Trinajstić information content (AvgIpc) is 2.84. The fraction of sp³-hybridized carbons (Fsp3) is 0.0588. The zero-order chi connectivity index (χ0) is 13.7. The lowest BCUT2D eigenvalue weighted by Gasteiger charge is -2.03. The molecule has 1 aromatic heterocycles. The number of ether oxygens (including phenoxy) is 1. The molecule has 0 radical (unpaired) electrons. The van der Waals surface area contributed by atoms with E-state index in [1.54, 1.807) is 7.11 Å². The van der Waals surface area contributed by atoms with Crippen molar-refractivity contribution in [2.45, 2.75) is 0 Å². The van der Waals surface area contributed by atoms with E-state index < -0.39 is 0 Å². The average molecular weight is 282 g/mol. The number of halogens is 1. The van der Waals surface area contributed by atoms with Crippen molar-refractivity contribution in [2.75, 3.05) is 7.11 Å². The largest absolute Gasteiger partial charge is 0.497 e. The van der Waals surface area contributed by atoms with Crippen LogP contribution in [0.15, 0.2) is 48.5 Å². The van der Waals surface area contributed by atoms with Crippen molar-refractivity contribution in [3.8, 4) is 5.75 Å². The highest BCUT2D eigenvalue weighted by molar-refractivity contribution is 6.31. The second kappa shape index (κ2) is 4.15. The van der Waals surface area contributed by atoms with Crippen molar-refractivity contribution in [3.05, 3.63) is 53.6 Å². The molecule has 1 N–H and O–H groups in total. The third kappa shape index (κ3) is 1.58. The van der Waals surface area contributed by atoms with Gasteiger partial charge in [-0.3, -0.25) is 0 Å². The van der Waals surface area contributed by atoms with Gasteiger partial charge in [0.15, 0.2) is 0 Å². The SMILES string of the molecule is COc1ccc2c(ccc3c4ccc(Cl)cc4[nH]c23)c1. The number of hydrogen-bond acceptors (Lipinski definition) is 1. The van der Waals surface area contributed by atoms with E-state index in [-0.39, 0.29) is 0 Å². The molecule has 3 heteroatoms. The van der Waals surface area contributed by atoms with E-state index >= 15 is 0 Å². The minimum Gasteiger partial charge on any atom is -0.497 e. The van der Waals surface area contributed by atoms with E-state index in [0.717, 1.165) is 27.2 Å². The Kier molecular flexibility index (Phi) is 2.41. The molecule has 0 amide bonds. The van der Waals surface area contributed by atoms with Gasteiger partial charge in [0.25, 0.3) is 0 Å². The molecule has 0 unspecified atom stereocenters. The quantitative estimate of drug-likeness (QED) is 0.514. The maximum atomic E-state index is 6.07. The second-order valence-corrected chi connectivity index (χ2v) is 5.33. The standard InChI is InChI=1S/C17H12ClNO/c1-20-12-4-7-13-10(8-12)2-5-15-14-6-3-11(18)9-16(14)19-17(13)15/h2-9,19H,1H3. The van der Waals surface area contributed by atoms with Crippen molar-refractivity contribution in [1.82, 2.24) is 4.98 Å². The molecule has 0 saturated heterocycles. The monoisotopic (exact) mass is 281 g/mol. The lowest BCUT2D eigenvalue weighted by molar-refractivity contribution is 0.415. The fourth-order valence-electron chi connectivity index (χ4n) is 2.78. The van der Waals surface area contributed by atoms with Crippen LogP contribution in [-0.2, 0) is 0 Å². The summed E-state index contributed by atoms with van der Waals surface area (Å²) < 4.78 is 5.28. The normalized spacial score (nSPS) is 11.5. The summed E-state index contributed by atoms with van der Waals surface area (Å²) in [5, 5.41) is 5.51. The molecule has 0 saturated carbocycles. The van der Waals surface area contributed by atoms with Gasteiger partial charge in [0.2, 0.25) is 0 Å². The van der Waals surface area contributed by atoms with Gasteiger partial charge < -0.3 is 9.72 Å². The first-order valence-corrected chi connectivity index (χ1v) is 6.82. The predicted molar refractivity (Wildman–Crippen MR) is 84.9 cm³/mol. The maximum absolute atomic E-state index is 6.07. The van der Waals surface area contributed by atoms with Gasteiger partial charge in [0.05, 0.1) is 12.6 Å². The maximum Gasteiger partial charge on any atom is 0.119 e. The van der Waals surface area contributed by atoms with Crippen molar-refractivity contribution < 1.29 is 4.74 Å². The van der Waals surface area contributed by atoms with Gasteiger partial charge in [-0.15, -0.1) is 0 Å². The summed E-state index contributed by atoms with van der Waals surface area (Å²) in [5.74, 6) is 0.871. The molecule has 0 bridgehead atoms. The Labute approximate surface area is 120 Å². The van der Waals surface area contributed by atoms with Gasteiger partial charge in [0, 0.05) is 26.7 Å². The van der Waals surface area contributed by atoms with Gasteiger partial charge in [-0.1, -0.05) is 29.8 Å². The van der Waals surface area contributed by atoms with Gasteiger partial charge in [-0.05, 0) is 35.7 Å². The van der Waals surface area contributed by atoms with Crippen molar-refractivity contribution in [2.24, 2.45) is 0 Å². The van der Waals surface area contributed by atoms with E-state index in [2.05, 4.69) is 29.2 Å². The van der Waals surface area contributed by atoms with Crippen LogP contribution in [0.3, 0.4) is 0 Å². The van der Waals surface area contributed by atoms with E-state index in [9.17, 15) is 0 Å². The molecule has 0 aliphatic rings. The summed E-state index contributed by atoms with van der Waals surface area (Å²) in [6.07, 6.45) is 0. The third-order valence-corrected chi connectivity index (χ3v) is 3.99. The topological polar surface area (TPSA) is 25.0 Å². The first kappa shape index (κ1) is 11.6. The zero-order valence-electron chi connectivity index (χ0n) is 10.9. The molecule has 4 rings (SSSR count). The minimum atomic E-state index is 0.745. The molecule has 0 spiro atoms. The fourth-order valence-corrected chi connectivity index (χ4v) is 2.96. The highest BCUT2D eigenvalue weighted by Gasteiger charge is 2.08. The van der Waals surface area contributed by atoms with Crippen LogP contribution in [0.25, 0.3) is 32.6 Å². The number of fused-ring (bicyclic) bond motifs is 5. The Morgan fingerprint density at radius 1 is 0.900 bits per heavy atom. The van der Waals surface area contributed by atoms with Crippen molar-refractivity contribution in [3.63, 3.8) is 0 Å². The lowest BCUT2D eigenvalue weighted by Crippen LogP contribution is -1.82. The summed E-state index contributed by atoms with van der Waals surface area (Å²) in [4.78, 5) is 3.47. The Bertz CT molecular complexity index is 955. The summed E-state index contributed by atoms with van der Waals surface area (Å²) in [6.45, 7) is 0. The molecule has 1 heterocycles. The number of H-pyrrole nitrogens is 1. The molecule has 98 valence electrons. The van der Waals surface area contributed by atoms with E-state index in [1.165, 1.54) is 16.2 Å². The van der Waals surface area contributed by atoms with Crippen LogP contribution in [0.4, 0.5) is 0 Å². The number of nitrogens with one attached hydrogen (secondary N) is 1. The summed E-state index contributed by atoms with van der Waals surface area (Å²) >= 11 is 6.07. The van der Waals surface area contributed by atoms with Crippen LogP contribution in [0.1, 0.15) is 0 Å². The highest BCUT2D eigenvalue weighted by Crippen LogP contribution is 2.33. The molecular formula is C17H12ClNO. The second-order valence-electron chi connectivity index (χ2n) is 4.89. The Morgan fingerprint density at radius 3 is 2.55 bits per heavy atom. The molecule has 0 fully saturated rings. The number of rotatable bonds is 1. The Hall–Kier alpha value is -2.19. The van der Waals surface area contributed by atoms with Crippen LogP contribution in [0, 0.1) is 0 Å². The summed E-state index contributed by atoms with van der Waals surface area (Å²) in [5.41, 5.74) is 2.21. The predicted octanol–water partition coefficient (Wildman–Crippen LogP) is 5.14. The van der Waals surface area contributed by atoms with E-state index in [1.807, 2.05) is 24.3 Å². The van der Waals surface area contributed by atoms with E-state index in [4.69, 9.17) is 16.3 Å². The van der Waals surface area contributed by atoms with Gasteiger partial charge in [0.1, 0.15) is 5.75 Å². The molecule has 4 aromatic rings. The number of aromatic nitrogens is 1. The van der Waals surface area contributed by atoms with Crippen LogP contribution in [-0.4, -0.2) is 12.1 Å². The first-order valence-electron chi connectivity index (χ1n) is 6.44. The van der Waals surface area contributed by atoms with Crippen molar-refractivity contribution >= 4 is 44.2 Å². The Morgan fingerprint density at radius 2 is 1.70 bits per heavy atom. The van der Waals surface area contributed by atoms with Crippen LogP contribution >= 0.6 is 11.6 Å². The number of methoxy groups -OCH3 is 1. The van der Waals surface area contributed by atoms with Gasteiger partial charge >= 0.3 is 0 Å². The number of aromatic amines is 1. The zero-order valence-corrected chi connectivity index (χ0v) is 11.7. The van der Waals surface area contributed by atoms with E-state index in [0.29, 0.717) is 0 Å². The molecule has 3 aromatic carbocycles. The van der Waals surface area contributed by atoms with Crippen LogP contribution in [0.5, 0.6) is 5.75 Å². The van der Waals surface area contributed by atoms with Crippen molar-refractivity contribution in [1.29, 1.82) is 0 Å². The molecule has 0 aliphatic carbocycles. The molecule has 0 atom stereocenters. The Balaban J connectivity index is 2.16. The summed E-state index contributed by atoms with van der Waals surface area (Å²) in [6, 6.07) is 16.3. The van der Waals surface area contributed by atoms with Gasteiger partial charge in [-0.25, -0.2) is 0 Å². The van der Waals surface area contributed by atoms with Gasteiger partial charge in [-0.2, -0.15) is 0 Å². The van der Waals surface area contributed by atoms with Crippen LogP contribution < -0.4 is 4.74 Å². The highest BCUT2D eigenvalue weighted by atomic mass is 35.5. The molecule has 20 heavy (non-hydrogen) atoms. The number of benzene rings is 3. The summed E-state index contributed by atoms with van der Waals surface area (Å²) in [7, 11) is 1.69. The smallest absolute Gasteiger partial charge is 0.119 e. The molecular weight excluding hydrogens is 270 g/mol. The molecule has 2 nitrogen and oxygen atoms in total.